The molecule has 1 saturated heterocycles. The highest BCUT2D eigenvalue weighted by Gasteiger charge is 2.42. The molecule has 0 atom stereocenters. The fraction of sp³-hybridized carbons (Fsp3) is 0.360. The minimum Gasteiger partial charge on any atom is -0.364 e. The van der Waals surface area contributed by atoms with E-state index in [4.69, 9.17) is 0 Å². The summed E-state index contributed by atoms with van der Waals surface area (Å²) in [5.41, 5.74) is 2.48. The first-order chi connectivity index (χ1) is 15.8. The number of carbonyl (C=O) groups excluding carboxylic acids is 2. The van der Waals surface area contributed by atoms with Gasteiger partial charge in [-0.2, -0.15) is 0 Å². The molecule has 0 unspecified atom stereocenters. The third kappa shape index (κ3) is 4.80. The summed E-state index contributed by atoms with van der Waals surface area (Å²) in [5.74, 6) is -0.471. The lowest BCUT2D eigenvalue weighted by molar-refractivity contribution is -0.384. The lowest BCUT2D eigenvalue weighted by atomic mass is 10.0. The fourth-order valence-electron chi connectivity index (χ4n) is 4.37. The van der Waals surface area contributed by atoms with Gasteiger partial charge in [-0.1, -0.05) is 44.2 Å². The Labute approximate surface area is 193 Å². The molecule has 2 amide bonds. The van der Waals surface area contributed by atoms with Crippen molar-refractivity contribution in [2.24, 2.45) is 5.92 Å². The SMILES string of the molecule is CC(C)CN1C(=O)C(c2ccc([N+](=O)[O-])cc2)=C(N2CCN(Cc3ccccc3)CC2)C1=O. The summed E-state index contributed by atoms with van der Waals surface area (Å²) in [4.78, 5) is 42.9. The maximum atomic E-state index is 13.4. The summed E-state index contributed by atoms with van der Waals surface area (Å²) in [5, 5.41) is 11.0. The molecule has 0 N–H and O–H groups in total. The number of carbonyl (C=O) groups is 2. The number of benzene rings is 2. The summed E-state index contributed by atoms with van der Waals surface area (Å²) in [6.45, 7) is 7.93. The van der Waals surface area contributed by atoms with Crippen molar-refractivity contribution in [3.63, 3.8) is 0 Å². The van der Waals surface area contributed by atoms with E-state index in [-0.39, 0.29) is 23.4 Å². The second-order valence-corrected chi connectivity index (χ2v) is 8.89. The van der Waals surface area contributed by atoms with Crippen LogP contribution in [0.15, 0.2) is 60.3 Å². The van der Waals surface area contributed by atoms with E-state index in [1.807, 2.05) is 36.9 Å². The number of rotatable bonds is 7. The van der Waals surface area contributed by atoms with Crippen molar-refractivity contribution in [1.29, 1.82) is 0 Å². The van der Waals surface area contributed by atoms with Crippen LogP contribution in [0, 0.1) is 16.0 Å². The second-order valence-electron chi connectivity index (χ2n) is 8.89. The maximum absolute atomic E-state index is 13.4. The third-order valence-corrected chi connectivity index (χ3v) is 6.00. The molecule has 172 valence electrons. The van der Waals surface area contributed by atoms with Gasteiger partial charge in [-0.3, -0.25) is 29.5 Å². The minimum atomic E-state index is -0.474. The smallest absolute Gasteiger partial charge is 0.277 e. The van der Waals surface area contributed by atoms with Crippen LogP contribution in [-0.4, -0.2) is 64.2 Å². The molecule has 0 aliphatic carbocycles. The Hall–Kier alpha value is -3.52. The van der Waals surface area contributed by atoms with E-state index < -0.39 is 4.92 Å². The largest absolute Gasteiger partial charge is 0.364 e. The number of amides is 2. The van der Waals surface area contributed by atoms with E-state index >= 15 is 0 Å². The molecule has 8 heteroatoms. The molecule has 0 saturated carbocycles. The van der Waals surface area contributed by atoms with Crippen LogP contribution < -0.4 is 0 Å². The Morgan fingerprint density at radius 3 is 2.12 bits per heavy atom. The molecule has 1 fully saturated rings. The highest BCUT2D eigenvalue weighted by molar-refractivity contribution is 6.35. The third-order valence-electron chi connectivity index (χ3n) is 6.00. The van der Waals surface area contributed by atoms with E-state index in [1.165, 1.54) is 22.6 Å². The van der Waals surface area contributed by atoms with Gasteiger partial charge >= 0.3 is 0 Å². The summed E-state index contributed by atoms with van der Waals surface area (Å²) in [7, 11) is 0. The Morgan fingerprint density at radius 2 is 1.55 bits per heavy atom. The van der Waals surface area contributed by atoms with Crippen molar-refractivity contribution in [2.75, 3.05) is 32.7 Å². The Morgan fingerprint density at radius 1 is 0.909 bits per heavy atom. The number of piperazine rings is 1. The predicted molar refractivity (Wildman–Crippen MR) is 125 cm³/mol. The molecule has 8 nitrogen and oxygen atoms in total. The van der Waals surface area contributed by atoms with E-state index in [9.17, 15) is 19.7 Å². The summed E-state index contributed by atoms with van der Waals surface area (Å²) in [6, 6.07) is 16.1. The number of nitro groups is 1. The van der Waals surface area contributed by atoms with Gasteiger partial charge in [0.1, 0.15) is 5.70 Å². The van der Waals surface area contributed by atoms with Crippen LogP contribution in [0.1, 0.15) is 25.0 Å². The molecule has 0 aromatic heterocycles. The quantitative estimate of drug-likeness (QED) is 0.367. The van der Waals surface area contributed by atoms with Crippen molar-refractivity contribution in [1.82, 2.24) is 14.7 Å². The van der Waals surface area contributed by atoms with Gasteiger partial charge in [0.05, 0.1) is 10.5 Å². The zero-order chi connectivity index (χ0) is 23.5. The monoisotopic (exact) mass is 448 g/mol. The number of non-ortho nitro benzene ring substituents is 1. The van der Waals surface area contributed by atoms with E-state index in [0.717, 1.165) is 19.6 Å². The lowest BCUT2D eigenvalue weighted by Gasteiger charge is -2.36. The molecule has 4 rings (SSSR count). The number of imide groups is 1. The summed E-state index contributed by atoms with van der Waals surface area (Å²) < 4.78 is 0. The first kappa shape index (κ1) is 22.7. The average Bonchev–Trinajstić information content (AvgIpc) is 3.05. The topological polar surface area (TPSA) is 87.0 Å². The van der Waals surface area contributed by atoms with Crippen LogP contribution in [0.3, 0.4) is 0 Å². The number of nitro benzene ring substituents is 1. The normalized spacial score (nSPS) is 17.4. The zero-order valence-corrected chi connectivity index (χ0v) is 18.9. The molecule has 0 radical (unpaired) electrons. The molecule has 2 aromatic carbocycles. The molecule has 2 heterocycles. The summed E-state index contributed by atoms with van der Waals surface area (Å²) >= 11 is 0. The van der Waals surface area contributed by atoms with Crippen LogP contribution in [0.25, 0.3) is 5.57 Å². The second kappa shape index (κ2) is 9.54. The molecule has 0 bridgehead atoms. The van der Waals surface area contributed by atoms with Crippen molar-refractivity contribution >= 4 is 23.1 Å². The van der Waals surface area contributed by atoms with Gasteiger partial charge in [-0.25, -0.2) is 0 Å². The van der Waals surface area contributed by atoms with Gasteiger partial charge in [-0.05, 0) is 29.2 Å². The van der Waals surface area contributed by atoms with Crippen LogP contribution in [-0.2, 0) is 16.1 Å². The van der Waals surface area contributed by atoms with Gasteiger partial charge in [0.15, 0.2) is 0 Å². The lowest BCUT2D eigenvalue weighted by Crippen LogP contribution is -2.47. The van der Waals surface area contributed by atoms with E-state index in [1.54, 1.807) is 12.1 Å². The van der Waals surface area contributed by atoms with Crippen LogP contribution in [0.5, 0.6) is 0 Å². The highest BCUT2D eigenvalue weighted by Crippen LogP contribution is 2.33. The first-order valence-electron chi connectivity index (χ1n) is 11.2. The number of hydrogen-bond donors (Lipinski definition) is 0. The summed E-state index contributed by atoms with van der Waals surface area (Å²) in [6.07, 6.45) is 0. The van der Waals surface area contributed by atoms with Gasteiger partial charge in [0, 0.05) is 51.4 Å². The van der Waals surface area contributed by atoms with E-state index in [0.29, 0.717) is 36.5 Å². The van der Waals surface area contributed by atoms with Gasteiger partial charge in [0.25, 0.3) is 17.5 Å². The van der Waals surface area contributed by atoms with Crippen LogP contribution in [0.2, 0.25) is 0 Å². The first-order valence-corrected chi connectivity index (χ1v) is 11.2. The standard InChI is InChI=1S/C25H28N4O4/c1-18(2)16-28-24(30)22(20-8-10-21(11-9-20)29(32)33)23(25(28)31)27-14-12-26(13-15-27)17-19-6-4-3-5-7-19/h3-11,18H,12-17H2,1-2H3. The van der Waals surface area contributed by atoms with Gasteiger partial charge in [-0.15, -0.1) is 0 Å². The van der Waals surface area contributed by atoms with Crippen molar-refractivity contribution in [2.45, 2.75) is 20.4 Å². The molecular formula is C25H28N4O4. The molecule has 2 aliphatic rings. The van der Waals surface area contributed by atoms with Crippen molar-refractivity contribution in [3.05, 3.63) is 81.5 Å². The van der Waals surface area contributed by atoms with Gasteiger partial charge in [0.2, 0.25) is 0 Å². The Kier molecular flexibility index (Phi) is 6.55. The molecule has 33 heavy (non-hydrogen) atoms. The zero-order valence-electron chi connectivity index (χ0n) is 18.9. The maximum Gasteiger partial charge on any atom is 0.277 e. The van der Waals surface area contributed by atoms with E-state index in [2.05, 4.69) is 17.0 Å². The molecule has 2 aromatic rings. The fourth-order valence-corrected chi connectivity index (χ4v) is 4.37. The van der Waals surface area contributed by atoms with Crippen LogP contribution in [0.4, 0.5) is 5.69 Å². The van der Waals surface area contributed by atoms with Crippen molar-refractivity contribution < 1.29 is 14.5 Å². The Balaban J connectivity index is 1.59. The van der Waals surface area contributed by atoms with Crippen molar-refractivity contribution in [3.8, 4) is 0 Å². The minimum absolute atomic E-state index is 0.0498. The molecule has 0 spiro atoms. The molecule has 2 aliphatic heterocycles. The predicted octanol–water partition coefficient (Wildman–Crippen LogP) is 3.15. The average molecular weight is 449 g/mol. The van der Waals surface area contributed by atoms with Crippen LogP contribution >= 0.6 is 0 Å². The Bertz CT molecular complexity index is 1070. The number of hydrogen-bond acceptors (Lipinski definition) is 6. The number of nitrogens with zero attached hydrogens (tertiary/aromatic N) is 4. The van der Waals surface area contributed by atoms with Gasteiger partial charge < -0.3 is 4.90 Å². The molecular weight excluding hydrogens is 420 g/mol. The highest BCUT2D eigenvalue weighted by atomic mass is 16.6.